The molecule has 1 aromatic rings. The van der Waals surface area contributed by atoms with E-state index in [4.69, 9.17) is 9.47 Å². The summed E-state index contributed by atoms with van der Waals surface area (Å²) >= 11 is 0. The van der Waals surface area contributed by atoms with E-state index in [1.807, 2.05) is 58.9 Å². The minimum atomic E-state index is -0.247. The highest BCUT2D eigenvalue weighted by atomic mass is 16.5. The molecule has 106 valence electrons. The number of carbonyl (C=O) groups excluding carboxylic acids is 1. The second-order valence-electron chi connectivity index (χ2n) is 5.94. The molecule has 0 N–H and O–H groups in total. The average molecular weight is 264 g/mol. The van der Waals surface area contributed by atoms with Gasteiger partial charge in [0.25, 0.3) is 0 Å². The minimum absolute atomic E-state index is 0.0866. The van der Waals surface area contributed by atoms with Crippen LogP contribution in [0.25, 0.3) is 0 Å². The number of methoxy groups -OCH3 is 1. The van der Waals surface area contributed by atoms with Crippen molar-refractivity contribution in [3.63, 3.8) is 0 Å². The number of hydrogen-bond donors (Lipinski definition) is 0. The Bertz CT molecular complexity index is 415. The van der Waals surface area contributed by atoms with Crippen molar-refractivity contribution in [2.24, 2.45) is 11.3 Å². The van der Waals surface area contributed by atoms with Crippen LogP contribution in [-0.4, -0.2) is 13.1 Å². The van der Waals surface area contributed by atoms with Crippen molar-refractivity contribution in [2.75, 3.05) is 7.11 Å². The summed E-state index contributed by atoms with van der Waals surface area (Å²) in [7, 11) is 1.63. The third-order valence-electron chi connectivity index (χ3n) is 3.53. The lowest BCUT2D eigenvalue weighted by atomic mass is 9.82. The Hall–Kier alpha value is -1.51. The number of carbonyl (C=O) groups is 1. The van der Waals surface area contributed by atoms with Gasteiger partial charge in [0.05, 0.1) is 13.0 Å². The van der Waals surface area contributed by atoms with Gasteiger partial charge in [-0.05, 0) is 30.0 Å². The summed E-state index contributed by atoms with van der Waals surface area (Å²) < 4.78 is 10.6. The molecule has 19 heavy (non-hydrogen) atoms. The van der Waals surface area contributed by atoms with Crippen molar-refractivity contribution in [1.29, 1.82) is 0 Å². The van der Waals surface area contributed by atoms with Gasteiger partial charge in [-0.3, -0.25) is 4.79 Å². The Morgan fingerprint density at radius 1 is 1.11 bits per heavy atom. The monoisotopic (exact) mass is 264 g/mol. The van der Waals surface area contributed by atoms with Gasteiger partial charge in [-0.25, -0.2) is 0 Å². The van der Waals surface area contributed by atoms with Crippen LogP contribution in [0.15, 0.2) is 24.3 Å². The lowest BCUT2D eigenvalue weighted by Gasteiger charge is -2.26. The molecule has 0 spiro atoms. The minimum Gasteiger partial charge on any atom is -0.497 e. The van der Waals surface area contributed by atoms with Crippen LogP contribution >= 0.6 is 0 Å². The molecule has 0 amide bonds. The van der Waals surface area contributed by atoms with Gasteiger partial charge in [-0.15, -0.1) is 0 Å². The van der Waals surface area contributed by atoms with Crippen molar-refractivity contribution in [2.45, 2.75) is 40.7 Å². The summed E-state index contributed by atoms with van der Waals surface area (Å²) in [6.07, 6.45) is -0.247. The van der Waals surface area contributed by atoms with Gasteiger partial charge >= 0.3 is 5.97 Å². The molecule has 2 unspecified atom stereocenters. The Morgan fingerprint density at radius 2 is 1.63 bits per heavy atom. The van der Waals surface area contributed by atoms with E-state index in [1.54, 1.807) is 7.11 Å². The van der Waals surface area contributed by atoms with Crippen molar-refractivity contribution >= 4 is 5.97 Å². The average Bonchev–Trinajstić information content (AvgIpc) is 2.36. The zero-order chi connectivity index (χ0) is 14.6. The molecule has 2 atom stereocenters. The fraction of sp³-hybridized carbons (Fsp3) is 0.562. The first-order valence-corrected chi connectivity index (χ1v) is 6.60. The second-order valence-corrected chi connectivity index (χ2v) is 5.94. The quantitative estimate of drug-likeness (QED) is 0.772. The fourth-order valence-electron chi connectivity index (χ4n) is 1.57. The standard InChI is InChI=1S/C16H24O3/c1-11(16(3,4)5)15(17)19-12(2)13-7-9-14(18-6)10-8-13/h7-12H,1-6H3. The number of esters is 1. The van der Waals surface area contributed by atoms with E-state index in [1.165, 1.54) is 0 Å². The maximum absolute atomic E-state index is 12.0. The zero-order valence-corrected chi connectivity index (χ0v) is 12.7. The zero-order valence-electron chi connectivity index (χ0n) is 12.7. The van der Waals surface area contributed by atoms with Crippen molar-refractivity contribution in [3.8, 4) is 5.75 Å². The smallest absolute Gasteiger partial charge is 0.309 e. The third-order valence-corrected chi connectivity index (χ3v) is 3.53. The lowest BCUT2D eigenvalue weighted by Crippen LogP contribution is -2.28. The highest BCUT2D eigenvalue weighted by molar-refractivity contribution is 5.73. The molecule has 0 aliphatic rings. The van der Waals surface area contributed by atoms with Gasteiger partial charge in [0, 0.05) is 0 Å². The molecule has 3 nitrogen and oxygen atoms in total. The van der Waals surface area contributed by atoms with Gasteiger partial charge < -0.3 is 9.47 Å². The molecule has 0 radical (unpaired) electrons. The topological polar surface area (TPSA) is 35.5 Å². The third kappa shape index (κ3) is 4.27. The Labute approximate surface area is 115 Å². The van der Waals surface area contributed by atoms with E-state index >= 15 is 0 Å². The molecular weight excluding hydrogens is 240 g/mol. The Morgan fingerprint density at radius 3 is 2.05 bits per heavy atom. The normalized spacial score (nSPS) is 14.6. The van der Waals surface area contributed by atoms with Crippen molar-refractivity contribution < 1.29 is 14.3 Å². The van der Waals surface area contributed by atoms with E-state index in [2.05, 4.69) is 0 Å². The van der Waals surface area contributed by atoms with E-state index in [-0.39, 0.29) is 23.4 Å². The molecule has 0 bridgehead atoms. The van der Waals surface area contributed by atoms with Crippen LogP contribution in [0, 0.1) is 11.3 Å². The predicted octanol–water partition coefficient (Wildman–Crippen LogP) is 3.98. The van der Waals surface area contributed by atoms with E-state index in [0.29, 0.717) is 0 Å². The van der Waals surface area contributed by atoms with Crippen molar-refractivity contribution in [1.82, 2.24) is 0 Å². The largest absolute Gasteiger partial charge is 0.497 e. The number of benzene rings is 1. The lowest BCUT2D eigenvalue weighted by molar-refractivity contribution is -0.156. The summed E-state index contributed by atoms with van der Waals surface area (Å²) in [5.41, 5.74) is 0.881. The van der Waals surface area contributed by atoms with Crippen LogP contribution in [0.3, 0.4) is 0 Å². The maximum atomic E-state index is 12.0. The molecule has 0 saturated heterocycles. The number of hydrogen-bond acceptors (Lipinski definition) is 3. The molecule has 0 heterocycles. The molecule has 0 saturated carbocycles. The predicted molar refractivity (Wildman–Crippen MR) is 76.1 cm³/mol. The molecule has 0 aliphatic carbocycles. The summed E-state index contributed by atoms with van der Waals surface area (Å²) in [6.45, 7) is 9.91. The highest BCUT2D eigenvalue weighted by Crippen LogP contribution is 2.29. The first-order chi connectivity index (χ1) is 8.75. The molecule has 0 fully saturated rings. The summed E-state index contributed by atoms with van der Waals surface area (Å²) in [4.78, 5) is 12.0. The van der Waals surface area contributed by atoms with Crippen LogP contribution in [-0.2, 0) is 9.53 Å². The first-order valence-electron chi connectivity index (χ1n) is 6.60. The SMILES string of the molecule is COc1ccc(C(C)OC(=O)C(C)C(C)(C)C)cc1. The molecule has 0 aliphatic heterocycles. The molecule has 0 aromatic heterocycles. The van der Waals surface area contributed by atoms with Crippen LogP contribution in [0.5, 0.6) is 5.75 Å². The van der Waals surface area contributed by atoms with Gasteiger partial charge in [0.15, 0.2) is 0 Å². The van der Waals surface area contributed by atoms with Crippen LogP contribution in [0.1, 0.15) is 46.3 Å². The molecule has 3 heteroatoms. The highest BCUT2D eigenvalue weighted by Gasteiger charge is 2.29. The summed E-state index contributed by atoms with van der Waals surface area (Å²) in [5, 5.41) is 0. The van der Waals surface area contributed by atoms with Gasteiger partial charge in [0.1, 0.15) is 11.9 Å². The summed E-state index contributed by atoms with van der Waals surface area (Å²) in [5.74, 6) is 0.509. The molecular formula is C16H24O3. The second kappa shape index (κ2) is 6.09. The Balaban J connectivity index is 2.68. The van der Waals surface area contributed by atoms with Gasteiger partial charge in [-0.2, -0.15) is 0 Å². The van der Waals surface area contributed by atoms with Crippen LogP contribution in [0.2, 0.25) is 0 Å². The molecule has 1 rings (SSSR count). The van der Waals surface area contributed by atoms with Crippen LogP contribution < -0.4 is 4.74 Å². The fourth-order valence-corrected chi connectivity index (χ4v) is 1.57. The van der Waals surface area contributed by atoms with E-state index < -0.39 is 0 Å². The van der Waals surface area contributed by atoms with Crippen LogP contribution in [0.4, 0.5) is 0 Å². The maximum Gasteiger partial charge on any atom is 0.309 e. The molecule has 1 aromatic carbocycles. The number of rotatable bonds is 4. The van der Waals surface area contributed by atoms with Crippen molar-refractivity contribution in [3.05, 3.63) is 29.8 Å². The van der Waals surface area contributed by atoms with Gasteiger partial charge in [0.2, 0.25) is 0 Å². The Kier molecular flexibility index (Phi) is 4.98. The summed E-state index contributed by atoms with van der Waals surface area (Å²) in [6, 6.07) is 7.57. The van der Waals surface area contributed by atoms with Gasteiger partial charge in [-0.1, -0.05) is 39.8 Å². The van der Waals surface area contributed by atoms with E-state index in [9.17, 15) is 4.79 Å². The van der Waals surface area contributed by atoms with E-state index in [0.717, 1.165) is 11.3 Å². The first kappa shape index (κ1) is 15.5. The number of ether oxygens (including phenoxy) is 2.